The number of guanidine groups is 1. The first-order chi connectivity index (χ1) is 13.0. The number of benzene rings is 1. The average molecular weight is 366 g/mol. The van der Waals surface area contributed by atoms with E-state index in [1.54, 1.807) is 13.1 Å². The second kappa shape index (κ2) is 8.44. The van der Waals surface area contributed by atoms with Crippen LogP contribution in [0, 0.1) is 19.7 Å². The molecule has 140 valence electrons. The Morgan fingerprint density at radius 3 is 2.44 bits per heavy atom. The third-order valence-corrected chi connectivity index (χ3v) is 4.07. The van der Waals surface area contributed by atoms with Crippen LogP contribution in [0.1, 0.15) is 22.5 Å². The summed E-state index contributed by atoms with van der Waals surface area (Å²) in [5, 5.41) is 10.8. The predicted molar refractivity (Wildman–Crippen MR) is 104 cm³/mol. The largest absolute Gasteiger partial charge is 0.352 e. The third-order valence-electron chi connectivity index (χ3n) is 4.07. The van der Waals surface area contributed by atoms with E-state index in [1.165, 1.54) is 12.1 Å². The SMILES string of the molecule is CN=C(NCc1ccc(-n2nc(C)cc2C)nc1)NCc1cccc(F)c1. The molecule has 0 bridgehead atoms. The highest BCUT2D eigenvalue weighted by atomic mass is 19.1. The van der Waals surface area contributed by atoms with Gasteiger partial charge in [0, 0.05) is 32.0 Å². The van der Waals surface area contributed by atoms with Gasteiger partial charge in [0.25, 0.3) is 0 Å². The van der Waals surface area contributed by atoms with Gasteiger partial charge in [-0.25, -0.2) is 14.1 Å². The molecule has 7 heteroatoms. The summed E-state index contributed by atoms with van der Waals surface area (Å²) in [5.74, 6) is 1.19. The van der Waals surface area contributed by atoms with E-state index in [-0.39, 0.29) is 5.82 Å². The summed E-state index contributed by atoms with van der Waals surface area (Å²) in [7, 11) is 1.70. The molecular formula is C20H23FN6. The van der Waals surface area contributed by atoms with Gasteiger partial charge in [-0.1, -0.05) is 18.2 Å². The number of aryl methyl sites for hydroxylation is 2. The fourth-order valence-corrected chi connectivity index (χ4v) is 2.75. The monoisotopic (exact) mass is 366 g/mol. The zero-order valence-electron chi connectivity index (χ0n) is 15.7. The zero-order valence-corrected chi connectivity index (χ0v) is 15.7. The van der Waals surface area contributed by atoms with E-state index in [0.29, 0.717) is 19.0 Å². The number of halogens is 1. The van der Waals surface area contributed by atoms with E-state index in [2.05, 4.69) is 25.7 Å². The molecule has 1 aromatic carbocycles. The summed E-state index contributed by atoms with van der Waals surface area (Å²) in [6, 6.07) is 12.5. The normalized spacial score (nSPS) is 11.5. The van der Waals surface area contributed by atoms with E-state index in [9.17, 15) is 4.39 Å². The van der Waals surface area contributed by atoms with E-state index < -0.39 is 0 Å². The van der Waals surface area contributed by atoms with Crippen LogP contribution in [0.5, 0.6) is 0 Å². The summed E-state index contributed by atoms with van der Waals surface area (Å²) < 4.78 is 15.1. The molecule has 0 fully saturated rings. The molecule has 0 spiro atoms. The Kier molecular flexibility index (Phi) is 5.80. The van der Waals surface area contributed by atoms with Crippen molar-refractivity contribution in [2.24, 2.45) is 4.99 Å². The topological polar surface area (TPSA) is 67.1 Å². The summed E-state index contributed by atoms with van der Waals surface area (Å²) in [4.78, 5) is 8.67. The molecule has 27 heavy (non-hydrogen) atoms. The molecule has 0 aliphatic heterocycles. The molecule has 2 N–H and O–H groups in total. The molecule has 0 saturated carbocycles. The van der Waals surface area contributed by atoms with Crippen LogP contribution in [0.15, 0.2) is 53.7 Å². The van der Waals surface area contributed by atoms with Crippen LogP contribution < -0.4 is 10.6 Å². The zero-order chi connectivity index (χ0) is 19.2. The summed E-state index contributed by atoms with van der Waals surface area (Å²) in [5.41, 5.74) is 3.89. The van der Waals surface area contributed by atoms with Crippen LogP contribution in [-0.4, -0.2) is 27.8 Å². The number of aromatic nitrogens is 3. The Bertz CT molecular complexity index is 930. The van der Waals surface area contributed by atoms with Crippen LogP contribution in [0.4, 0.5) is 4.39 Å². The number of aliphatic imine (C=N–C) groups is 1. The van der Waals surface area contributed by atoms with E-state index in [4.69, 9.17) is 0 Å². The highest BCUT2D eigenvalue weighted by Crippen LogP contribution is 2.10. The number of hydrogen-bond acceptors (Lipinski definition) is 3. The van der Waals surface area contributed by atoms with Crippen LogP contribution in [-0.2, 0) is 13.1 Å². The first-order valence-corrected chi connectivity index (χ1v) is 8.72. The van der Waals surface area contributed by atoms with Gasteiger partial charge in [0.15, 0.2) is 11.8 Å². The number of pyridine rings is 1. The maximum Gasteiger partial charge on any atom is 0.191 e. The van der Waals surface area contributed by atoms with Crippen molar-refractivity contribution >= 4 is 5.96 Å². The number of nitrogens with zero attached hydrogens (tertiary/aromatic N) is 4. The molecule has 3 rings (SSSR count). The number of hydrogen-bond donors (Lipinski definition) is 2. The minimum Gasteiger partial charge on any atom is -0.352 e. The maximum absolute atomic E-state index is 13.2. The van der Waals surface area contributed by atoms with Gasteiger partial charge in [0.05, 0.1) is 5.69 Å². The van der Waals surface area contributed by atoms with Crippen molar-refractivity contribution in [3.05, 3.63) is 77.0 Å². The Labute approximate surface area is 158 Å². The average Bonchev–Trinajstić information content (AvgIpc) is 3.00. The molecule has 0 aliphatic carbocycles. The lowest BCUT2D eigenvalue weighted by atomic mass is 10.2. The molecule has 0 unspecified atom stereocenters. The van der Waals surface area contributed by atoms with Gasteiger partial charge in [-0.2, -0.15) is 5.10 Å². The molecule has 3 aromatic rings. The quantitative estimate of drug-likeness (QED) is 0.538. The third kappa shape index (κ3) is 4.91. The lowest BCUT2D eigenvalue weighted by Crippen LogP contribution is -2.36. The molecule has 0 saturated heterocycles. The lowest BCUT2D eigenvalue weighted by molar-refractivity contribution is 0.624. The van der Waals surface area contributed by atoms with Gasteiger partial charge in [0.2, 0.25) is 0 Å². The van der Waals surface area contributed by atoms with Crippen LogP contribution >= 0.6 is 0 Å². The lowest BCUT2D eigenvalue weighted by Gasteiger charge is -2.12. The van der Waals surface area contributed by atoms with Crippen LogP contribution in [0.3, 0.4) is 0 Å². The maximum atomic E-state index is 13.2. The standard InChI is InChI=1S/C20H23FN6/c1-14-9-15(2)27(26-14)19-8-7-17(12-23-19)13-25-20(22-3)24-11-16-5-4-6-18(21)10-16/h4-10,12H,11,13H2,1-3H3,(H2,22,24,25). The summed E-state index contributed by atoms with van der Waals surface area (Å²) in [6.45, 7) is 5.04. The molecule has 0 amide bonds. The fraction of sp³-hybridized carbons (Fsp3) is 0.250. The predicted octanol–water partition coefficient (Wildman–Crippen LogP) is 2.89. The summed E-state index contributed by atoms with van der Waals surface area (Å²) >= 11 is 0. The van der Waals surface area contributed by atoms with Crippen molar-refractivity contribution in [2.45, 2.75) is 26.9 Å². The number of rotatable bonds is 5. The van der Waals surface area contributed by atoms with Crippen LogP contribution in [0.2, 0.25) is 0 Å². The van der Waals surface area contributed by atoms with E-state index in [1.807, 2.05) is 49.0 Å². The van der Waals surface area contributed by atoms with Gasteiger partial charge in [0.1, 0.15) is 5.82 Å². The molecular weight excluding hydrogens is 343 g/mol. The van der Waals surface area contributed by atoms with Crippen molar-refractivity contribution < 1.29 is 4.39 Å². The number of nitrogens with one attached hydrogen (secondary N) is 2. The Morgan fingerprint density at radius 1 is 1.07 bits per heavy atom. The van der Waals surface area contributed by atoms with Crippen molar-refractivity contribution in [1.82, 2.24) is 25.4 Å². The van der Waals surface area contributed by atoms with Gasteiger partial charge in [-0.15, -0.1) is 0 Å². The molecule has 6 nitrogen and oxygen atoms in total. The van der Waals surface area contributed by atoms with Gasteiger partial charge in [-0.05, 0) is 49.2 Å². The highest BCUT2D eigenvalue weighted by Gasteiger charge is 2.05. The Hall–Kier alpha value is -3.22. The molecule has 2 aromatic heterocycles. The van der Waals surface area contributed by atoms with Crippen molar-refractivity contribution in [3.63, 3.8) is 0 Å². The van der Waals surface area contributed by atoms with Gasteiger partial charge in [-0.3, -0.25) is 4.99 Å². The first kappa shape index (κ1) is 18.6. The molecule has 0 atom stereocenters. The minimum absolute atomic E-state index is 0.244. The Balaban J connectivity index is 1.56. The minimum atomic E-state index is -0.244. The van der Waals surface area contributed by atoms with Crippen LogP contribution in [0.25, 0.3) is 5.82 Å². The van der Waals surface area contributed by atoms with E-state index in [0.717, 1.165) is 28.3 Å². The van der Waals surface area contributed by atoms with Gasteiger partial charge >= 0.3 is 0 Å². The van der Waals surface area contributed by atoms with Crippen molar-refractivity contribution in [3.8, 4) is 5.82 Å². The molecule has 0 radical (unpaired) electrons. The smallest absolute Gasteiger partial charge is 0.191 e. The summed E-state index contributed by atoms with van der Waals surface area (Å²) in [6.07, 6.45) is 1.82. The van der Waals surface area contributed by atoms with E-state index >= 15 is 0 Å². The second-order valence-electron chi connectivity index (χ2n) is 6.27. The Morgan fingerprint density at radius 2 is 1.85 bits per heavy atom. The van der Waals surface area contributed by atoms with Gasteiger partial charge < -0.3 is 10.6 Å². The van der Waals surface area contributed by atoms with Crippen molar-refractivity contribution in [2.75, 3.05) is 7.05 Å². The van der Waals surface area contributed by atoms with Crippen molar-refractivity contribution in [1.29, 1.82) is 0 Å². The highest BCUT2D eigenvalue weighted by molar-refractivity contribution is 5.79. The first-order valence-electron chi connectivity index (χ1n) is 8.72. The fourth-order valence-electron chi connectivity index (χ4n) is 2.75. The molecule has 0 aliphatic rings. The molecule has 2 heterocycles. The second-order valence-corrected chi connectivity index (χ2v) is 6.27.